The summed E-state index contributed by atoms with van der Waals surface area (Å²) in [5, 5.41) is 2.90. The number of methoxy groups -OCH3 is 1. The van der Waals surface area contributed by atoms with E-state index in [0.717, 1.165) is 19.5 Å². The van der Waals surface area contributed by atoms with E-state index in [-0.39, 0.29) is 17.9 Å². The molecular formula is C24H40N4O3. The molecule has 1 heterocycles. The SMILES string of the molecule is COc1cccc(C(=O)N2CCC(N(CC(C)C)CC(C)C)C[C@@H]2C(=O)NCCN)c1. The molecular weight excluding hydrogens is 392 g/mol. The number of piperidine rings is 1. The molecule has 31 heavy (non-hydrogen) atoms. The van der Waals surface area contributed by atoms with Gasteiger partial charge in [-0.05, 0) is 42.9 Å². The molecule has 1 aliphatic rings. The molecule has 1 fully saturated rings. The van der Waals surface area contributed by atoms with Crippen LogP contribution in [0.4, 0.5) is 0 Å². The lowest BCUT2D eigenvalue weighted by Crippen LogP contribution is -2.58. The van der Waals surface area contributed by atoms with Crippen LogP contribution >= 0.6 is 0 Å². The van der Waals surface area contributed by atoms with Crippen molar-refractivity contribution in [1.29, 1.82) is 0 Å². The molecule has 0 spiro atoms. The maximum atomic E-state index is 13.3. The Bertz CT molecular complexity index is 713. The summed E-state index contributed by atoms with van der Waals surface area (Å²) in [5.74, 6) is 1.45. The third-order valence-corrected chi connectivity index (χ3v) is 5.61. The van der Waals surface area contributed by atoms with Crippen LogP contribution in [0.3, 0.4) is 0 Å². The molecule has 0 bridgehead atoms. The van der Waals surface area contributed by atoms with Gasteiger partial charge in [0.15, 0.2) is 0 Å². The summed E-state index contributed by atoms with van der Waals surface area (Å²) in [4.78, 5) is 30.6. The van der Waals surface area contributed by atoms with Crippen molar-refractivity contribution >= 4 is 11.8 Å². The summed E-state index contributed by atoms with van der Waals surface area (Å²) in [7, 11) is 1.58. The molecule has 0 radical (unpaired) electrons. The fraction of sp³-hybridized carbons (Fsp3) is 0.667. The van der Waals surface area contributed by atoms with E-state index in [2.05, 4.69) is 37.9 Å². The number of nitrogens with one attached hydrogen (secondary N) is 1. The van der Waals surface area contributed by atoms with Crippen LogP contribution in [0.25, 0.3) is 0 Å². The van der Waals surface area contributed by atoms with Gasteiger partial charge in [-0.3, -0.25) is 14.5 Å². The number of amides is 2. The van der Waals surface area contributed by atoms with Gasteiger partial charge in [-0.1, -0.05) is 33.8 Å². The second-order valence-electron chi connectivity index (χ2n) is 9.25. The molecule has 1 unspecified atom stereocenters. The van der Waals surface area contributed by atoms with E-state index in [1.807, 2.05) is 6.07 Å². The van der Waals surface area contributed by atoms with Gasteiger partial charge in [-0.25, -0.2) is 0 Å². The van der Waals surface area contributed by atoms with Crippen LogP contribution in [0.1, 0.15) is 50.9 Å². The maximum absolute atomic E-state index is 13.3. The van der Waals surface area contributed by atoms with Crippen molar-refractivity contribution in [3.63, 3.8) is 0 Å². The van der Waals surface area contributed by atoms with Gasteiger partial charge in [0.25, 0.3) is 5.91 Å². The number of rotatable bonds is 10. The monoisotopic (exact) mass is 432 g/mol. The Morgan fingerprint density at radius 2 is 1.90 bits per heavy atom. The zero-order valence-electron chi connectivity index (χ0n) is 19.8. The minimum atomic E-state index is -0.508. The Morgan fingerprint density at radius 3 is 2.48 bits per heavy atom. The fourth-order valence-corrected chi connectivity index (χ4v) is 4.32. The first-order chi connectivity index (χ1) is 14.8. The Balaban J connectivity index is 2.26. The predicted molar refractivity (Wildman–Crippen MR) is 124 cm³/mol. The molecule has 1 aliphatic heterocycles. The average Bonchev–Trinajstić information content (AvgIpc) is 2.75. The van der Waals surface area contributed by atoms with Crippen molar-refractivity contribution in [3.8, 4) is 5.75 Å². The van der Waals surface area contributed by atoms with E-state index >= 15 is 0 Å². The van der Waals surface area contributed by atoms with Crippen LogP contribution in [0.15, 0.2) is 24.3 Å². The van der Waals surface area contributed by atoms with Crippen molar-refractivity contribution < 1.29 is 14.3 Å². The highest BCUT2D eigenvalue weighted by atomic mass is 16.5. The number of benzene rings is 1. The van der Waals surface area contributed by atoms with Crippen LogP contribution in [-0.4, -0.2) is 73.5 Å². The predicted octanol–water partition coefficient (Wildman–Crippen LogP) is 2.36. The first-order valence-corrected chi connectivity index (χ1v) is 11.4. The molecule has 2 atom stereocenters. The van der Waals surface area contributed by atoms with E-state index in [0.29, 0.717) is 49.2 Å². The first-order valence-electron chi connectivity index (χ1n) is 11.4. The number of ether oxygens (including phenoxy) is 1. The molecule has 0 aromatic heterocycles. The van der Waals surface area contributed by atoms with Crippen LogP contribution in [0.5, 0.6) is 5.75 Å². The lowest BCUT2D eigenvalue weighted by Gasteiger charge is -2.44. The van der Waals surface area contributed by atoms with Gasteiger partial charge < -0.3 is 20.7 Å². The third-order valence-electron chi connectivity index (χ3n) is 5.61. The number of hydrogen-bond acceptors (Lipinski definition) is 5. The molecule has 3 N–H and O–H groups in total. The second-order valence-corrected chi connectivity index (χ2v) is 9.25. The van der Waals surface area contributed by atoms with Crippen LogP contribution in [0, 0.1) is 11.8 Å². The minimum Gasteiger partial charge on any atom is -0.497 e. The van der Waals surface area contributed by atoms with Gasteiger partial charge >= 0.3 is 0 Å². The van der Waals surface area contributed by atoms with Crippen LogP contribution in [0.2, 0.25) is 0 Å². The largest absolute Gasteiger partial charge is 0.497 e. The Labute approximate surface area is 187 Å². The van der Waals surface area contributed by atoms with Crippen molar-refractivity contribution in [2.45, 2.75) is 52.6 Å². The number of hydrogen-bond donors (Lipinski definition) is 2. The molecule has 7 heteroatoms. The van der Waals surface area contributed by atoms with Gasteiger partial charge in [0.2, 0.25) is 5.91 Å². The summed E-state index contributed by atoms with van der Waals surface area (Å²) < 4.78 is 5.27. The fourth-order valence-electron chi connectivity index (χ4n) is 4.32. The smallest absolute Gasteiger partial charge is 0.254 e. The highest BCUT2D eigenvalue weighted by Crippen LogP contribution is 2.26. The standard InChI is InChI=1S/C24H40N4O3/c1-17(2)15-27(16-18(3)4)20-9-12-28(22(14-20)23(29)26-11-10-25)24(30)19-7-6-8-21(13-19)31-5/h6-8,13,17-18,20,22H,9-12,14-16,25H2,1-5H3,(H,26,29)/t20?,22-/m1/s1. The number of carbonyl (C=O) groups is 2. The van der Waals surface area contributed by atoms with Crippen molar-refractivity contribution in [2.24, 2.45) is 17.6 Å². The Kier molecular flexibility index (Phi) is 9.78. The Morgan fingerprint density at radius 1 is 1.23 bits per heavy atom. The molecule has 1 aromatic rings. The lowest BCUT2D eigenvalue weighted by molar-refractivity contribution is -0.127. The molecule has 0 aliphatic carbocycles. The van der Waals surface area contributed by atoms with E-state index in [4.69, 9.17) is 10.5 Å². The van der Waals surface area contributed by atoms with Gasteiger partial charge in [0.05, 0.1) is 7.11 Å². The summed E-state index contributed by atoms with van der Waals surface area (Å²) in [6.07, 6.45) is 1.49. The quantitative estimate of drug-likeness (QED) is 0.593. The van der Waals surface area contributed by atoms with Gasteiger partial charge in [-0.15, -0.1) is 0 Å². The molecule has 174 valence electrons. The first kappa shape index (κ1) is 25.1. The number of nitrogens with zero attached hydrogens (tertiary/aromatic N) is 2. The van der Waals surface area contributed by atoms with Gasteiger partial charge in [0.1, 0.15) is 11.8 Å². The zero-order valence-corrected chi connectivity index (χ0v) is 19.8. The van der Waals surface area contributed by atoms with E-state index in [1.54, 1.807) is 30.2 Å². The normalized spacial score (nSPS) is 19.2. The van der Waals surface area contributed by atoms with E-state index in [1.165, 1.54) is 0 Å². The van der Waals surface area contributed by atoms with E-state index < -0.39 is 6.04 Å². The number of likely N-dealkylation sites (tertiary alicyclic amines) is 1. The molecule has 1 saturated heterocycles. The zero-order chi connectivity index (χ0) is 23.0. The highest BCUT2D eigenvalue weighted by molar-refractivity contribution is 5.98. The van der Waals surface area contributed by atoms with Crippen LogP contribution < -0.4 is 15.8 Å². The summed E-state index contributed by atoms with van der Waals surface area (Å²) in [6, 6.07) is 6.88. The Hall–Kier alpha value is -2.12. The second kappa shape index (κ2) is 12.1. The van der Waals surface area contributed by atoms with Gasteiger partial charge in [0, 0.05) is 44.3 Å². The highest BCUT2D eigenvalue weighted by Gasteiger charge is 2.38. The number of nitrogens with two attached hydrogens (primary N) is 1. The molecule has 1 aromatic carbocycles. The molecule has 0 saturated carbocycles. The number of carbonyl (C=O) groups excluding carboxylic acids is 2. The van der Waals surface area contributed by atoms with Crippen molar-refractivity contribution in [3.05, 3.63) is 29.8 Å². The summed E-state index contributed by atoms with van der Waals surface area (Å²) in [6.45, 7) is 12.2. The molecule has 2 rings (SSSR count). The maximum Gasteiger partial charge on any atom is 0.254 e. The average molecular weight is 433 g/mol. The summed E-state index contributed by atoms with van der Waals surface area (Å²) in [5.41, 5.74) is 6.13. The van der Waals surface area contributed by atoms with Crippen molar-refractivity contribution in [1.82, 2.24) is 15.1 Å². The topological polar surface area (TPSA) is 87.9 Å². The van der Waals surface area contributed by atoms with Gasteiger partial charge in [-0.2, -0.15) is 0 Å². The summed E-state index contributed by atoms with van der Waals surface area (Å²) >= 11 is 0. The molecule has 7 nitrogen and oxygen atoms in total. The molecule has 2 amide bonds. The van der Waals surface area contributed by atoms with E-state index in [9.17, 15) is 9.59 Å². The minimum absolute atomic E-state index is 0.125. The lowest BCUT2D eigenvalue weighted by atomic mass is 9.92. The van der Waals surface area contributed by atoms with Crippen LogP contribution in [-0.2, 0) is 4.79 Å². The van der Waals surface area contributed by atoms with Crippen molar-refractivity contribution in [2.75, 3.05) is 39.8 Å². The third kappa shape index (κ3) is 7.21.